The fourth-order valence-corrected chi connectivity index (χ4v) is 3.88. The molecule has 0 radical (unpaired) electrons. The minimum atomic E-state index is -0.940. The third kappa shape index (κ3) is 3.11. The van der Waals surface area contributed by atoms with Crippen LogP contribution in [0.25, 0.3) is 11.0 Å². The second-order valence-corrected chi connectivity index (χ2v) is 6.94. The van der Waals surface area contributed by atoms with Crippen molar-refractivity contribution in [2.45, 2.75) is 52.0 Å². The smallest absolute Gasteiger partial charge is 0.326 e. The van der Waals surface area contributed by atoms with E-state index in [9.17, 15) is 19.5 Å². The zero-order valence-corrected chi connectivity index (χ0v) is 15.3. The highest BCUT2D eigenvalue weighted by atomic mass is 16.4. The Kier molecular flexibility index (Phi) is 4.84. The lowest BCUT2D eigenvalue weighted by atomic mass is 9.98. The quantitative estimate of drug-likeness (QED) is 0.854. The number of aromatic nitrogens is 3. The first kappa shape index (κ1) is 18.2. The Morgan fingerprint density at radius 2 is 2.04 bits per heavy atom. The number of rotatable bonds is 4. The van der Waals surface area contributed by atoms with E-state index in [1.54, 1.807) is 11.7 Å². The van der Waals surface area contributed by atoms with Gasteiger partial charge in [0.15, 0.2) is 5.65 Å². The number of carboxylic acids is 1. The van der Waals surface area contributed by atoms with Crippen molar-refractivity contribution in [3.05, 3.63) is 27.2 Å². The number of H-pyrrole nitrogens is 1. The van der Waals surface area contributed by atoms with E-state index >= 15 is 0 Å². The summed E-state index contributed by atoms with van der Waals surface area (Å²) in [4.78, 5) is 42.1. The fourth-order valence-electron chi connectivity index (χ4n) is 3.88. The van der Waals surface area contributed by atoms with E-state index in [4.69, 9.17) is 0 Å². The molecule has 8 heteroatoms. The molecule has 3 rings (SSSR count). The molecule has 2 aromatic rings. The Morgan fingerprint density at radius 3 is 2.73 bits per heavy atom. The monoisotopic (exact) mass is 360 g/mol. The third-order valence-electron chi connectivity index (χ3n) is 5.27. The van der Waals surface area contributed by atoms with Gasteiger partial charge in [-0.2, -0.15) is 0 Å². The average molecular weight is 360 g/mol. The number of hydrogen-bond acceptors (Lipinski definition) is 4. The largest absolute Gasteiger partial charge is 0.480 e. The van der Waals surface area contributed by atoms with E-state index in [2.05, 4.69) is 10.1 Å². The summed E-state index contributed by atoms with van der Waals surface area (Å²) in [5.41, 5.74) is 2.90. The maximum Gasteiger partial charge on any atom is 0.326 e. The highest BCUT2D eigenvalue weighted by Crippen LogP contribution is 2.23. The number of likely N-dealkylation sites (tertiary alicyclic amines) is 1. The maximum atomic E-state index is 12.6. The number of hydrogen-bond donors (Lipinski definition) is 2. The number of carbonyl (C=O) groups excluding carboxylic acids is 1. The van der Waals surface area contributed by atoms with Crippen molar-refractivity contribution in [1.29, 1.82) is 0 Å². The van der Waals surface area contributed by atoms with Gasteiger partial charge in [0, 0.05) is 25.7 Å². The summed E-state index contributed by atoms with van der Waals surface area (Å²) in [7, 11) is 1.74. The first-order chi connectivity index (χ1) is 12.3. The van der Waals surface area contributed by atoms with Crippen molar-refractivity contribution >= 4 is 22.9 Å². The van der Waals surface area contributed by atoms with Crippen LogP contribution < -0.4 is 5.56 Å². The Bertz CT molecular complexity index is 927. The van der Waals surface area contributed by atoms with Gasteiger partial charge >= 0.3 is 5.97 Å². The van der Waals surface area contributed by atoms with E-state index < -0.39 is 12.0 Å². The van der Waals surface area contributed by atoms with Crippen LogP contribution in [0.1, 0.15) is 42.5 Å². The van der Waals surface area contributed by atoms with Crippen LogP contribution >= 0.6 is 0 Å². The van der Waals surface area contributed by atoms with E-state index in [1.165, 1.54) is 4.90 Å². The number of fused-ring (bicyclic) bond motifs is 1. The van der Waals surface area contributed by atoms with Crippen molar-refractivity contribution in [3.63, 3.8) is 0 Å². The van der Waals surface area contributed by atoms with E-state index in [0.29, 0.717) is 30.4 Å². The molecule has 8 nitrogen and oxygen atoms in total. The minimum absolute atomic E-state index is 0.155. The lowest BCUT2D eigenvalue weighted by Gasteiger charge is -2.33. The molecule has 1 fully saturated rings. The Morgan fingerprint density at radius 1 is 1.31 bits per heavy atom. The van der Waals surface area contributed by atoms with Gasteiger partial charge in [-0.15, -0.1) is 0 Å². The van der Waals surface area contributed by atoms with Crippen LogP contribution in [0.15, 0.2) is 4.79 Å². The van der Waals surface area contributed by atoms with Crippen LogP contribution in [0.3, 0.4) is 0 Å². The first-order valence-corrected chi connectivity index (χ1v) is 8.88. The van der Waals surface area contributed by atoms with E-state index in [0.717, 1.165) is 29.7 Å². The molecule has 1 aliphatic rings. The topological polar surface area (TPSA) is 108 Å². The molecule has 140 valence electrons. The SMILES string of the molecule is Cc1nc2c(c(C)c1CCC(=O)N1CCCCC1C(=O)O)c(=O)[nH]n2C. The number of carboxylic acid groups (broad SMARTS) is 1. The molecule has 2 N–H and O–H groups in total. The number of aliphatic carboxylic acids is 1. The summed E-state index contributed by atoms with van der Waals surface area (Å²) in [5, 5.41) is 12.6. The molecule has 0 saturated carbocycles. The van der Waals surface area contributed by atoms with Gasteiger partial charge in [-0.1, -0.05) is 0 Å². The number of amides is 1. The number of pyridine rings is 1. The standard InChI is InChI=1S/C18H24N4O4/c1-10-12(11(2)19-16-15(10)17(24)20-21(16)3)7-8-14(23)22-9-5-4-6-13(22)18(25)26/h13H,4-9H2,1-3H3,(H,20,24)(H,25,26). The van der Waals surface area contributed by atoms with Crippen molar-refractivity contribution in [1.82, 2.24) is 19.7 Å². The minimum Gasteiger partial charge on any atom is -0.480 e. The second kappa shape index (κ2) is 6.93. The van der Waals surface area contributed by atoms with Crippen molar-refractivity contribution < 1.29 is 14.7 Å². The van der Waals surface area contributed by atoms with Gasteiger partial charge in [0.25, 0.3) is 5.56 Å². The maximum absolute atomic E-state index is 12.6. The van der Waals surface area contributed by atoms with Crippen molar-refractivity contribution in [3.8, 4) is 0 Å². The summed E-state index contributed by atoms with van der Waals surface area (Å²) in [6, 6.07) is -0.726. The van der Waals surface area contributed by atoms with Crippen molar-refractivity contribution in [2.75, 3.05) is 6.54 Å². The Balaban J connectivity index is 1.83. The molecule has 0 aliphatic carbocycles. The van der Waals surface area contributed by atoms with Crippen molar-refractivity contribution in [2.24, 2.45) is 7.05 Å². The number of aromatic amines is 1. The number of carbonyl (C=O) groups is 2. The zero-order chi connectivity index (χ0) is 19.0. The number of aryl methyl sites for hydroxylation is 3. The lowest BCUT2D eigenvalue weighted by Crippen LogP contribution is -2.48. The zero-order valence-electron chi connectivity index (χ0n) is 15.3. The van der Waals surface area contributed by atoms with Gasteiger partial charge < -0.3 is 10.0 Å². The van der Waals surface area contributed by atoms with Crippen LogP contribution in [0.5, 0.6) is 0 Å². The van der Waals surface area contributed by atoms with Crippen LogP contribution in [-0.2, 0) is 23.1 Å². The molecule has 2 aromatic heterocycles. The summed E-state index contributed by atoms with van der Waals surface area (Å²) >= 11 is 0. The van der Waals surface area contributed by atoms with Gasteiger partial charge in [-0.3, -0.25) is 19.4 Å². The molecular weight excluding hydrogens is 336 g/mol. The number of nitrogens with one attached hydrogen (secondary N) is 1. The normalized spacial score (nSPS) is 17.7. The molecule has 1 atom stereocenters. The van der Waals surface area contributed by atoms with E-state index in [-0.39, 0.29) is 17.9 Å². The fraction of sp³-hybridized carbons (Fsp3) is 0.556. The summed E-state index contributed by atoms with van der Waals surface area (Å²) < 4.78 is 1.60. The van der Waals surface area contributed by atoms with Gasteiger partial charge in [0.05, 0.1) is 5.39 Å². The van der Waals surface area contributed by atoms with Crippen LogP contribution in [0, 0.1) is 13.8 Å². The average Bonchev–Trinajstić information content (AvgIpc) is 2.88. The Hall–Kier alpha value is -2.64. The van der Waals surface area contributed by atoms with Gasteiger partial charge in [0.2, 0.25) is 5.91 Å². The molecule has 1 amide bonds. The first-order valence-electron chi connectivity index (χ1n) is 8.88. The van der Waals surface area contributed by atoms with Gasteiger partial charge in [-0.25, -0.2) is 9.78 Å². The molecular formula is C18H24N4O4. The predicted octanol–water partition coefficient (Wildman–Crippen LogP) is 1.28. The van der Waals surface area contributed by atoms with E-state index in [1.807, 2.05) is 13.8 Å². The molecule has 0 bridgehead atoms. The summed E-state index contributed by atoms with van der Waals surface area (Å²) in [6.45, 7) is 4.22. The molecule has 1 saturated heterocycles. The molecule has 0 aromatic carbocycles. The Labute approximate surface area is 150 Å². The highest BCUT2D eigenvalue weighted by Gasteiger charge is 2.31. The van der Waals surface area contributed by atoms with Crippen LogP contribution in [0.2, 0.25) is 0 Å². The lowest BCUT2D eigenvalue weighted by molar-refractivity contribution is -0.152. The molecule has 26 heavy (non-hydrogen) atoms. The van der Waals surface area contributed by atoms with Crippen LogP contribution in [-0.4, -0.2) is 49.2 Å². The molecule has 1 unspecified atom stereocenters. The van der Waals surface area contributed by atoms with Crippen LogP contribution in [0.4, 0.5) is 0 Å². The third-order valence-corrected chi connectivity index (χ3v) is 5.27. The predicted molar refractivity (Wildman–Crippen MR) is 96.1 cm³/mol. The number of nitrogens with zero attached hydrogens (tertiary/aromatic N) is 3. The summed E-state index contributed by atoms with van der Waals surface area (Å²) in [6.07, 6.45) is 2.82. The number of piperidine rings is 1. The van der Waals surface area contributed by atoms with Gasteiger partial charge in [0.1, 0.15) is 6.04 Å². The molecule has 0 spiro atoms. The second-order valence-electron chi connectivity index (χ2n) is 6.94. The molecule has 1 aliphatic heterocycles. The highest BCUT2D eigenvalue weighted by molar-refractivity contribution is 5.84. The molecule has 3 heterocycles. The summed E-state index contributed by atoms with van der Waals surface area (Å²) in [5.74, 6) is -1.10. The van der Waals surface area contributed by atoms with Gasteiger partial charge in [-0.05, 0) is 50.7 Å².